The molecule has 0 radical (unpaired) electrons. The average molecular weight is 292 g/mol. The first kappa shape index (κ1) is 15.8. The molecule has 0 aromatic heterocycles. The predicted molar refractivity (Wildman–Crippen MR) is 82.6 cm³/mol. The van der Waals surface area contributed by atoms with E-state index in [0.29, 0.717) is 12.5 Å². The van der Waals surface area contributed by atoms with Crippen LogP contribution in [0, 0.1) is 5.92 Å². The molecule has 1 heterocycles. The maximum Gasteiger partial charge on any atom is 0.262 e. The summed E-state index contributed by atoms with van der Waals surface area (Å²) in [5.41, 5.74) is 1.86. The van der Waals surface area contributed by atoms with Crippen LogP contribution in [0.15, 0.2) is 18.2 Å². The van der Waals surface area contributed by atoms with Crippen molar-refractivity contribution in [3.63, 3.8) is 0 Å². The van der Waals surface area contributed by atoms with Crippen LogP contribution in [0.2, 0.25) is 0 Å². The fourth-order valence-electron chi connectivity index (χ4n) is 2.15. The zero-order valence-corrected chi connectivity index (χ0v) is 12.9. The SMILES string of the molecule is CC(C)COCCNC(C)c1ccc2c(c1)NC(=O)CO2. The van der Waals surface area contributed by atoms with Crippen molar-refractivity contribution in [1.82, 2.24) is 5.32 Å². The Bertz CT molecular complexity index is 488. The molecule has 116 valence electrons. The van der Waals surface area contributed by atoms with E-state index in [1.54, 1.807) is 0 Å². The summed E-state index contributed by atoms with van der Waals surface area (Å²) < 4.78 is 10.9. The Hall–Kier alpha value is -1.59. The van der Waals surface area contributed by atoms with Gasteiger partial charge in [0.1, 0.15) is 5.75 Å². The van der Waals surface area contributed by atoms with Gasteiger partial charge in [-0.2, -0.15) is 0 Å². The largest absolute Gasteiger partial charge is 0.482 e. The molecule has 1 amide bonds. The second-order valence-corrected chi connectivity index (χ2v) is 5.74. The maximum atomic E-state index is 11.3. The number of carbonyl (C=O) groups is 1. The molecule has 0 saturated heterocycles. The molecule has 1 aromatic carbocycles. The maximum absolute atomic E-state index is 11.3. The Morgan fingerprint density at radius 1 is 1.38 bits per heavy atom. The van der Waals surface area contributed by atoms with Gasteiger partial charge in [-0.1, -0.05) is 19.9 Å². The van der Waals surface area contributed by atoms with Crippen molar-refractivity contribution in [2.75, 3.05) is 31.7 Å². The Morgan fingerprint density at radius 2 is 2.19 bits per heavy atom. The van der Waals surface area contributed by atoms with Crippen molar-refractivity contribution in [2.24, 2.45) is 5.92 Å². The highest BCUT2D eigenvalue weighted by atomic mass is 16.5. The molecule has 0 aliphatic carbocycles. The molecule has 21 heavy (non-hydrogen) atoms. The summed E-state index contributed by atoms with van der Waals surface area (Å²) in [5.74, 6) is 1.18. The van der Waals surface area contributed by atoms with Crippen LogP contribution in [-0.4, -0.2) is 32.3 Å². The molecule has 5 nitrogen and oxygen atoms in total. The quantitative estimate of drug-likeness (QED) is 0.757. The highest BCUT2D eigenvalue weighted by Gasteiger charge is 2.17. The van der Waals surface area contributed by atoms with E-state index in [1.807, 2.05) is 18.2 Å². The molecule has 1 aromatic rings. The van der Waals surface area contributed by atoms with Crippen LogP contribution in [0.4, 0.5) is 5.69 Å². The topological polar surface area (TPSA) is 59.6 Å². The smallest absolute Gasteiger partial charge is 0.262 e. The number of nitrogens with one attached hydrogen (secondary N) is 2. The minimum Gasteiger partial charge on any atom is -0.482 e. The molecule has 0 spiro atoms. The molecular weight excluding hydrogens is 268 g/mol. The Labute approximate surface area is 126 Å². The minimum atomic E-state index is -0.109. The number of hydrogen-bond donors (Lipinski definition) is 2. The highest BCUT2D eigenvalue weighted by Crippen LogP contribution is 2.30. The van der Waals surface area contributed by atoms with Gasteiger partial charge >= 0.3 is 0 Å². The molecule has 0 fully saturated rings. The molecule has 2 rings (SSSR count). The summed E-state index contributed by atoms with van der Waals surface area (Å²) in [6.45, 7) is 8.75. The van der Waals surface area contributed by atoms with Crippen LogP contribution in [0.3, 0.4) is 0 Å². The van der Waals surface area contributed by atoms with E-state index in [2.05, 4.69) is 31.4 Å². The Morgan fingerprint density at radius 3 is 2.95 bits per heavy atom. The Kier molecular flexibility index (Phi) is 5.59. The van der Waals surface area contributed by atoms with E-state index in [1.165, 1.54) is 0 Å². The van der Waals surface area contributed by atoms with Crippen LogP contribution in [0.25, 0.3) is 0 Å². The summed E-state index contributed by atoms with van der Waals surface area (Å²) in [6.07, 6.45) is 0. The number of benzene rings is 1. The van der Waals surface area contributed by atoms with Gasteiger partial charge in [-0.25, -0.2) is 0 Å². The lowest BCUT2D eigenvalue weighted by atomic mass is 10.1. The first-order valence-electron chi connectivity index (χ1n) is 7.44. The van der Waals surface area contributed by atoms with Gasteiger partial charge in [0, 0.05) is 19.2 Å². The average Bonchev–Trinajstić information content (AvgIpc) is 2.45. The lowest BCUT2D eigenvalue weighted by Crippen LogP contribution is -2.26. The van der Waals surface area contributed by atoms with Crippen molar-refractivity contribution < 1.29 is 14.3 Å². The summed E-state index contributed by atoms with van der Waals surface area (Å²) in [4.78, 5) is 11.3. The second kappa shape index (κ2) is 7.43. The molecule has 1 unspecified atom stereocenters. The van der Waals surface area contributed by atoms with Crippen LogP contribution in [0.1, 0.15) is 32.4 Å². The monoisotopic (exact) mass is 292 g/mol. The molecular formula is C16H24N2O3. The normalized spacial score (nSPS) is 15.3. The highest BCUT2D eigenvalue weighted by molar-refractivity contribution is 5.95. The molecule has 0 saturated carbocycles. The van der Waals surface area contributed by atoms with E-state index in [9.17, 15) is 4.79 Å². The van der Waals surface area contributed by atoms with Crippen molar-refractivity contribution in [3.05, 3.63) is 23.8 Å². The predicted octanol–water partition coefficient (Wildman–Crippen LogP) is 2.34. The lowest BCUT2D eigenvalue weighted by Gasteiger charge is -2.21. The van der Waals surface area contributed by atoms with Gasteiger partial charge in [-0.3, -0.25) is 4.79 Å². The fourth-order valence-corrected chi connectivity index (χ4v) is 2.15. The summed E-state index contributed by atoms with van der Waals surface area (Å²) in [6, 6.07) is 6.07. The van der Waals surface area contributed by atoms with Gasteiger partial charge in [0.05, 0.1) is 12.3 Å². The molecule has 1 atom stereocenters. The number of hydrogen-bond acceptors (Lipinski definition) is 4. The number of carbonyl (C=O) groups excluding carboxylic acids is 1. The minimum absolute atomic E-state index is 0.0906. The van der Waals surface area contributed by atoms with Crippen LogP contribution in [-0.2, 0) is 9.53 Å². The van der Waals surface area contributed by atoms with Crippen LogP contribution >= 0.6 is 0 Å². The van der Waals surface area contributed by atoms with Gasteiger partial charge in [0.15, 0.2) is 6.61 Å². The second-order valence-electron chi connectivity index (χ2n) is 5.74. The van der Waals surface area contributed by atoms with Gasteiger partial charge < -0.3 is 20.1 Å². The zero-order valence-electron chi connectivity index (χ0n) is 12.9. The summed E-state index contributed by atoms with van der Waals surface area (Å²) in [5, 5.41) is 6.24. The van der Waals surface area contributed by atoms with Crippen LogP contribution in [0.5, 0.6) is 5.75 Å². The van der Waals surface area contributed by atoms with Crippen molar-refractivity contribution >= 4 is 11.6 Å². The molecule has 0 bridgehead atoms. The molecule has 1 aliphatic heterocycles. The fraction of sp³-hybridized carbons (Fsp3) is 0.562. The van der Waals surface area contributed by atoms with Crippen molar-refractivity contribution in [3.8, 4) is 5.75 Å². The van der Waals surface area contributed by atoms with E-state index in [0.717, 1.165) is 30.2 Å². The molecule has 2 N–H and O–H groups in total. The number of fused-ring (bicyclic) bond motifs is 1. The van der Waals surface area contributed by atoms with Gasteiger partial charge in [-0.15, -0.1) is 0 Å². The van der Waals surface area contributed by atoms with Crippen molar-refractivity contribution in [1.29, 1.82) is 0 Å². The number of rotatable bonds is 7. The van der Waals surface area contributed by atoms with Gasteiger partial charge in [-0.05, 0) is 30.5 Å². The van der Waals surface area contributed by atoms with Crippen LogP contribution < -0.4 is 15.4 Å². The van der Waals surface area contributed by atoms with Gasteiger partial charge in [0.2, 0.25) is 0 Å². The zero-order chi connectivity index (χ0) is 15.2. The van der Waals surface area contributed by atoms with E-state index >= 15 is 0 Å². The van der Waals surface area contributed by atoms with E-state index < -0.39 is 0 Å². The lowest BCUT2D eigenvalue weighted by molar-refractivity contribution is -0.118. The summed E-state index contributed by atoms with van der Waals surface area (Å²) >= 11 is 0. The third kappa shape index (κ3) is 4.72. The molecule has 5 heteroatoms. The van der Waals surface area contributed by atoms with Crippen molar-refractivity contribution in [2.45, 2.75) is 26.8 Å². The van der Waals surface area contributed by atoms with E-state index in [4.69, 9.17) is 9.47 Å². The Balaban J connectivity index is 1.84. The standard InChI is InChI=1S/C16H24N2O3/c1-11(2)9-20-7-6-17-12(3)13-4-5-15-14(8-13)18-16(19)10-21-15/h4-5,8,11-12,17H,6-7,9-10H2,1-3H3,(H,18,19). The molecule has 1 aliphatic rings. The number of anilines is 1. The summed E-state index contributed by atoms with van der Waals surface area (Å²) in [7, 11) is 0. The third-order valence-corrected chi connectivity index (χ3v) is 3.28. The number of ether oxygens (including phenoxy) is 2. The number of amides is 1. The van der Waals surface area contributed by atoms with E-state index in [-0.39, 0.29) is 18.6 Å². The first-order chi connectivity index (χ1) is 10.1. The first-order valence-corrected chi connectivity index (χ1v) is 7.44. The third-order valence-electron chi connectivity index (χ3n) is 3.28. The van der Waals surface area contributed by atoms with Gasteiger partial charge in [0.25, 0.3) is 5.91 Å².